The summed E-state index contributed by atoms with van der Waals surface area (Å²) in [6, 6.07) is 5.32. The summed E-state index contributed by atoms with van der Waals surface area (Å²) in [5.74, 6) is 0.235. The van der Waals surface area contributed by atoms with Gasteiger partial charge in [-0.1, -0.05) is 36.2 Å². The Morgan fingerprint density at radius 3 is 2.21 bits per heavy atom. The molecule has 1 aromatic carbocycles. The minimum atomic E-state index is -2.97. The summed E-state index contributed by atoms with van der Waals surface area (Å²) in [5, 5.41) is 4.47. The number of nitrogens with one attached hydrogen (secondary N) is 1. The molecule has 6 heteroatoms. The highest BCUT2D eigenvalue weighted by Gasteiger charge is 2.16. The molecule has 0 radical (unpaired) electrons. The van der Waals surface area contributed by atoms with Crippen LogP contribution in [-0.4, -0.2) is 33.0 Å². The van der Waals surface area contributed by atoms with Crippen molar-refractivity contribution >= 4 is 33.0 Å². The molecule has 1 N–H and O–H groups in total. The fraction of sp³-hybridized carbons (Fsp3) is 0.538. The number of hydrogen-bond acceptors (Lipinski definition) is 3. The third kappa shape index (κ3) is 5.69. The van der Waals surface area contributed by atoms with Gasteiger partial charge in [0.05, 0.1) is 5.75 Å². The second kappa shape index (κ2) is 6.93. The topological polar surface area (TPSA) is 46.2 Å². The smallest absolute Gasteiger partial charge is 0.148 e. The van der Waals surface area contributed by atoms with E-state index in [1.165, 1.54) is 6.26 Å². The molecule has 0 aliphatic heterocycles. The van der Waals surface area contributed by atoms with Crippen molar-refractivity contribution in [3.63, 3.8) is 0 Å². The number of benzene rings is 1. The Kier molecular flexibility index (Phi) is 6.12. The van der Waals surface area contributed by atoms with E-state index in [1.54, 1.807) is 18.2 Å². The van der Waals surface area contributed by atoms with Crippen LogP contribution in [0.4, 0.5) is 0 Å². The first-order chi connectivity index (χ1) is 8.70. The van der Waals surface area contributed by atoms with E-state index in [4.69, 9.17) is 23.2 Å². The summed E-state index contributed by atoms with van der Waals surface area (Å²) in [7, 11) is -2.97. The minimum Gasteiger partial charge on any atom is -0.313 e. The molecule has 0 aliphatic rings. The van der Waals surface area contributed by atoms with Crippen molar-refractivity contribution in [3.8, 4) is 0 Å². The Bertz CT molecular complexity index is 511. The zero-order valence-electron chi connectivity index (χ0n) is 11.3. The molecule has 0 fully saturated rings. The molecule has 0 aliphatic carbocycles. The average Bonchev–Trinajstić information content (AvgIpc) is 2.23. The monoisotopic (exact) mass is 323 g/mol. The summed E-state index contributed by atoms with van der Waals surface area (Å²) in [5.41, 5.74) is 0.893. The molecule has 1 rings (SSSR count). The number of halogens is 2. The molecule has 108 valence electrons. The Balaban J connectivity index is 2.63. The summed E-state index contributed by atoms with van der Waals surface area (Å²) < 4.78 is 22.4. The van der Waals surface area contributed by atoms with Crippen LogP contribution in [-0.2, 0) is 9.84 Å². The van der Waals surface area contributed by atoms with Gasteiger partial charge in [-0.25, -0.2) is 8.42 Å². The first-order valence-corrected chi connectivity index (χ1v) is 8.87. The second-order valence-corrected chi connectivity index (χ2v) is 7.94. The molecule has 0 aromatic heterocycles. The van der Waals surface area contributed by atoms with Gasteiger partial charge >= 0.3 is 0 Å². The van der Waals surface area contributed by atoms with E-state index < -0.39 is 9.84 Å². The molecular weight excluding hydrogens is 305 g/mol. The lowest BCUT2D eigenvalue weighted by Gasteiger charge is -2.19. The van der Waals surface area contributed by atoms with Crippen molar-refractivity contribution in [2.75, 3.05) is 18.6 Å². The van der Waals surface area contributed by atoms with Gasteiger partial charge in [-0.2, -0.15) is 0 Å². The van der Waals surface area contributed by atoms with E-state index in [9.17, 15) is 8.42 Å². The average molecular weight is 324 g/mol. The van der Waals surface area contributed by atoms with Crippen LogP contribution in [0, 0.1) is 0 Å². The van der Waals surface area contributed by atoms with Crippen molar-refractivity contribution in [3.05, 3.63) is 33.8 Å². The highest BCUT2D eigenvalue weighted by atomic mass is 35.5. The lowest BCUT2D eigenvalue weighted by atomic mass is 10.0. The zero-order valence-corrected chi connectivity index (χ0v) is 13.6. The number of rotatable bonds is 6. The summed E-state index contributed by atoms with van der Waals surface area (Å²) in [6.45, 7) is 4.48. The van der Waals surface area contributed by atoms with Gasteiger partial charge in [-0.05, 0) is 30.5 Å². The quantitative estimate of drug-likeness (QED) is 0.874. The van der Waals surface area contributed by atoms with E-state index >= 15 is 0 Å². The van der Waals surface area contributed by atoms with Crippen molar-refractivity contribution in [1.82, 2.24) is 5.32 Å². The molecule has 2 atom stereocenters. The first-order valence-electron chi connectivity index (χ1n) is 6.05. The van der Waals surface area contributed by atoms with Gasteiger partial charge < -0.3 is 5.32 Å². The van der Waals surface area contributed by atoms with Crippen LogP contribution in [0.5, 0.6) is 0 Å². The fourth-order valence-corrected chi connectivity index (χ4v) is 3.77. The maximum absolute atomic E-state index is 11.2. The van der Waals surface area contributed by atoms with Crippen LogP contribution in [0.2, 0.25) is 10.0 Å². The Labute approximate surface area is 125 Å². The maximum atomic E-state index is 11.2. The highest BCUT2D eigenvalue weighted by molar-refractivity contribution is 7.90. The number of hydrogen-bond donors (Lipinski definition) is 1. The molecule has 0 saturated carbocycles. The Morgan fingerprint density at radius 1 is 1.21 bits per heavy atom. The van der Waals surface area contributed by atoms with Gasteiger partial charge in [-0.15, -0.1) is 0 Å². The maximum Gasteiger partial charge on any atom is 0.148 e. The van der Waals surface area contributed by atoms with Gasteiger partial charge in [0, 0.05) is 28.9 Å². The molecule has 0 amide bonds. The predicted molar refractivity (Wildman–Crippen MR) is 82.1 cm³/mol. The van der Waals surface area contributed by atoms with Crippen LogP contribution in [0.3, 0.4) is 0 Å². The standard InChI is InChI=1S/C13H19Cl2NO2S/c1-9(7-16-10(2)8-19(3,17)18)13-11(14)5-4-6-12(13)15/h4-6,9-10,16H,7-8H2,1-3H3/t9-,10+/m0/s1. The van der Waals surface area contributed by atoms with Gasteiger partial charge in [0.25, 0.3) is 0 Å². The summed E-state index contributed by atoms with van der Waals surface area (Å²) in [4.78, 5) is 0. The van der Waals surface area contributed by atoms with Crippen molar-refractivity contribution in [2.45, 2.75) is 25.8 Å². The van der Waals surface area contributed by atoms with Crippen LogP contribution in [0.15, 0.2) is 18.2 Å². The van der Waals surface area contributed by atoms with E-state index in [2.05, 4.69) is 5.32 Å². The van der Waals surface area contributed by atoms with E-state index in [0.29, 0.717) is 16.6 Å². The van der Waals surface area contributed by atoms with Crippen molar-refractivity contribution in [1.29, 1.82) is 0 Å². The van der Waals surface area contributed by atoms with Crippen LogP contribution in [0.25, 0.3) is 0 Å². The molecule has 0 bridgehead atoms. The third-order valence-corrected chi connectivity index (χ3v) is 4.58. The molecule has 0 unspecified atom stereocenters. The summed E-state index contributed by atoms with van der Waals surface area (Å²) >= 11 is 12.3. The molecule has 19 heavy (non-hydrogen) atoms. The molecule has 3 nitrogen and oxygen atoms in total. The highest BCUT2D eigenvalue weighted by Crippen LogP contribution is 2.30. The van der Waals surface area contributed by atoms with Crippen molar-refractivity contribution in [2.24, 2.45) is 0 Å². The fourth-order valence-electron chi connectivity index (χ4n) is 1.97. The van der Waals surface area contributed by atoms with Crippen LogP contribution < -0.4 is 5.32 Å². The molecule has 0 spiro atoms. The Hall–Kier alpha value is -0.290. The number of sulfone groups is 1. The molecule has 0 heterocycles. The van der Waals surface area contributed by atoms with Crippen LogP contribution >= 0.6 is 23.2 Å². The lowest BCUT2D eigenvalue weighted by molar-refractivity contribution is 0.536. The van der Waals surface area contributed by atoms with Crippen molar-refractivity contribution < 1.29 is 8.42 Å². The van der Waals surface area contributed by atoms with Gasteiger partial charge in [0.1, 0.15) is 9.84 Å². The SMILES string of the molecule is C[C@H](CS(C)(=O)=O)NC[C@H](C)c1c(Cl)cccc1Cl. The molecule has 0 saturated heterocycles. The summed E-state index contributed by atoms with van der Waals surface area (Å²) in [6.07, 6.45) is 1.24. The Morgan fingerprint density at radius 2 is 1.74 bits per heavy atom. The third-order valence-electron chi connectivity index (χ3n) is 2.82. The van der Waals surface area contributed by atoms with Gasteiger partial charge in [-0.3, -0.25) is 0 Å². The largest absolute Gasteiger partial charge is 0.313 e. The predicted octanol–water partition coefficient (Wildman–Crippen LogP) is 3.12. The normalized spacial score (nSPS) is 15.2. The molecular formula is C13H19Cl2NO2S. The lowest BCUT2D eigenvalue weighted by Crippen LogP contribution is -2.35. The van der Waals surface area contributed by atoms with Crippen LogP contribution in [0.1, 0.15) is 25.3 Å². The van der Waals surface area contributed by atoms with Gasteiger partial charge in [0.15, 0.2) is 0 Å². The second-order valence-electron chi connectivity index (χ2n) is 4.94. The first kappa shape index (κ1) is 16.8. The molecule has 1 aromatic rings. The van der Waals surface area contributed by atoms with E-state index in [1.807, 2.05) is 13.8 Å². The van der Waals surface area contributed by atoms with E-state index in [0.717, 1.165) is 5.56 Å². The minimum absolute atomic E-state index is 0.0984. The van der Waals surface area contributed by atoms with Gasteiger partial charge in [0.2, 0.25) is 0 Å². The van der Waals surface area contributed by atoms with E-state index in [-0.39, 0.29) is 17.7 Å². The zero-order chi connectivity index (χ0) is 14.6.